The van der Waals surface area contributed by atoms with E-state index in [0.717, 1.165) is 16.7 Å². The van der Waals surface area contributed by atoms with Gasteiger partial charge < -0.3 is 5.32 Å². The van der Waals surface area contributed by atoms with Crippen molar-refractivity contribution >= 4 is 40.9 Å². The van der Waals surface area contributed by atoms with E-state index in [1.54, 1.807) is 18.2 Å². The van der Waals surface area contributed by atoms with Gasteiger partial charge in [0.2, 0.25) is 5.91 Å². The first kappa shape index (κ1) is 14.6. The van der Waals surface area contributed by atoms with Crippen LogP contribution in [0.15, 0.2) is 23.1 Å². The van der Waals surface area contributed by atoms with E-state index in [1.807, 2.05) is 0 Å². The van der Waals surface area contributed by atoms with Crippen molar-refractivity contribution in [3.63, 3.8) is 0 Å². The van der Waals surface area contributed by atoms with Gasteiger partial charge in [-0.1, -0.05) is 23.2 Å². The molecular formula is C15H17Cl2NOS. The lowest BCUT2D eigenvalue weighted by Gasteiger charge is -2.17. The normalized spacial score (nSPS) is 18.4. The Bertz CT molecular complexity index is 503. The van der Waals surface area contributed by atoms with Gasteiger partial charge in [0.1, 0.15) is 0 Å². The highest BCUT2D eigenvalue weighted by atomic mass is 35.5. The molecule has 5 heteroatoms. The molecule has 0 saturated heterocycles. The number of thioether (sulfide) groups is 1. The number of rotatable bonds is 6. The molecule has 2 fully saturated rings. The van der Waals surface area contributed by atoms with Crippen LogP contribution in [0.3, 0.4) is 0 Å². The van der Waals surface area contributed by atoms with Gasteiger partial charge in [0, 0.05) is 16.0 Å². The first-order chi connectivity index (χ1) is 9.63. The molecule has 2 aliphatic rings. The third kappa shape index (κ3) is 3.84. The van der Waals surface area contributed by atoms with Crippen molar-refractivity contribution in [1.29, 1.82) is 0 Å². The van der Waals surface area contributed by atoms with Crippen LogP contribution in [-0.2, 0) is 4.79 Å². The smallest absolute Gasteiger partial charge is 0.230 e. The van der Waals surface area contributed by atoms with Crippen LogP contribution in [0.1, 0.15) is 25.7 Å². The molecule has 1 amide bonds. The Morgan fingerprint density at radius 3 is 2.50 bits per heavy atom. The van der Waals surface area contributed by atoms with E-state index in [-0.39, 0.29) is 5.91 Å². The monoisotopic (exact) mass is 329 g/mol. The fourth-order valence-corrected chi connectivity index (χ4v) is 3.79. The zero-order valence-corrected chi connectivity index (χ0v) is 13.4. The van der Waals surface area contributed by atoms with Crippen LogP contribution in [0.5, 0.6) is 0 Å². The van der Waals surface area contributed by atoms with E-state index in [9.17, 15) is 4.79 Å². The van der Waals surface area contributed by atoms with E-state index < -0.39 is 0 Å². The van der Waals surface area contributed by atoms with Gasteiger partial charge in [-0.2, -0.15) is 0 Å². The molecule has 108 valence electrons. The van der Waals surface area contributed by atoms with E-state index in [2.05, 4.69) is 5.32 Å². The van der Waals surface area contributed by atoms with Gasteiger partial charge in [-0.3, -0.25) is 4.79 Å². The standard InChI is InChI=1S/C15H17Cl2NOS/c16-11-5-6-12(17)13(7-11)20-8-14(19)18-15(9-1-2-9)10-3-4-10/h5-7,9-10,15H,1-4,8H2,(H,18,19). The summed E-state index contributed by atoms with van der Waals surface area (Å²) in [5.41, 5.74) is 0. The van der Waals surface area contributed by atoms with Gasteiger partial charge in [0.25, 0.3) is 0 Å². The summed E-state index contributed by atoms with van der Waals surface area (Å²) in [5.74, 6) is 1.96. The molecule has 2 aliphatic carbocycles. The first-order valence-electron chi connectivity index (χ1n) is 7.00. The number of halogens is 2. The highest BCUT2D eigenvalue weighted by molar-refractivity contribution is 8.00. The number of nitrogens with one attached hydrogen (secondary N) is 1. The Morgan fingerprint density at radius 2 is 1.90 bits per heavy atom. The number of amides is 1. The second-order valence-corrected chi connectivity index (χ2v) is 7.49. The lowest BCUT2D eigenvalue weighted by Crippen LogP contribution is -2.39. The molecule has 0 bridgehead atoms. The molecule has 2 saturated carbocycles. The van der Waals surface area contributed by atoms with Gasteiger partial charge in [-0.15, -0.1) is 11.8 Å². The molecule has 0 radical (unpaired) electrons. The SMILES string of the molecule is O=C(CSc1cc(Cl)ccc1Cl)NC(C1CC1)C1CC1. The highest BCUT2D eigenvalue weighted by Crippen LogP contribution is 2.44. The van der Waals surface area contributed by atoms with Crippen molar-refractivity contribution < 1.29 is 4.79 Å². The molecule has 1 N–H and O–H groups in total. The molecule has 1 aromatic rings. The Morgan fingerprint density at radius 1 is 1.25 bits per heavy atom. The lowest BCUT2D eigenvalue weighted by atomic mass is 10.1. The van der Waals surface area contributed by atoms with E-state index in [0.29, 0.717) is 21.8 Å². The maximum atomic E-state index is 12.1. The maximum Gasteiger partial charge on any atom is 0.230 e. The van der Waals surface area contributed by atoms with Crippen molar-refractivity contribution in [2.45, 2.75) is 36.6 Å². The van der Waals surface area contributed by atoms with Crippen molar-refractivity contribution in [3.05, 3.63) is 28.2 Å². The largest absolute Gasteiger partial charge is 0.352 e. The summed E-state index contributed by atoms with van der Waals surface area (Å²) in [5, 5.41) is 4.50. The second-order valence-electron chi connectivity index (χ2n) is 5.63. The molecule has 20 heavy (non-hydrogen) atoms. The second kappa shape index (κ2) is 6.17. The van der Waals surface area contributed by atoms with Gasteiger partial charge in [-0.25, -0.2) is 0 Å². The van der Waals surface area contributed by atoms with Gasteiger partial charge in [-0.05, 0) is 55.7 Å². The van der Waals surface area contributed by atoms with Crippen LogP contribution in [-0.4, -0.2) is 17.7 Å². The third-order valence-corrected chi connectivity index (χ3v) is 5.57. The average Bonchev–Trinajstić information content (AvgIpc) is 3.28. The van der Waals surface area contributed by atoms with E-state index in [1.165, 1.54) is 37.4 Å². The number of hydrogen-bond donors (Lipinski definition) is 1. The predicted molar refractivity (Wildman–Crippen MR) is 84.6 cm³/mol. The predicted octanol–water partition coefficient (Wildman–Crippen LogP) is 4.39. The van der Waals surface area contributed by atoms with E-state index >= 15 is 0 Å². The molecular weight excluding hydrogens is 313 g/mol. The maximum absolute atomic E-state index is 12.1. The van der Waals surface area contributed by atoms with Crippen LogP contribution >= 0.6 is 35.0 Å². The van der Waals surface area contributed by atoms with Crippen LogP contribution in [0.2, 0.25) is 10.0 Å². The summed E-state index contributed by atoms with van der Waals surface area (Å²) in [6, 6.07) is 5.74. The van der Waals surface area contributed by atoms with Crippen LogP contribution in [0.4, 0.5) is 0 Å². The summed E-state index contributed by atoms with van der Waals surface area (Å²) >= 11 is 13.5. The van der Waals surface area contributed by atoms with Crippen LogP contribution < -0.4 is 5.32 Å². The van der Waals surface area contributed by atoms with Crippen molar-refractivity contribution in [3.8, 4) is 0 Å². The average molecular weight is 330 g/mol. The fourth-order valence-electron chi connectivity index (χ4n) is 2.49. The van der Waals surface area contributed by atoms with Crippen molar-refractivity contribution in [2.75, 3.05) is 5.75 Å². The topological polar surface area (TPSA) is 29.1 Å². The lowest BCUT2D eigenvalue weighted by molar-refractivity contribution is -0.119. The molecule has 0 aromatic heterocycles. The molecule has 0 aliphatic heterocycles. The van der Waals surface area contributed by atoms with Crippen LogP contribution in [0, 0.1) is 11.8 Å². The molecule has 3 rings (SSSR count). The van der Waals surface area contributed by atoms with Gasteiger partial charge in [0.05, 0.1) is 10.8 Å². The van der Waals surface area contributed by atoms with Gasteiger partial charge in [0.15, 0.2) is 0 Å². The minimum Gasteiger partial charge on any atom is -0.352 e. The minimum absolute atomic E-state index is 0.106. The number of carbonyl (C=O) groups excluding carboxylic acids is 1. The highest BCUT2D eigenvalue weighted by Gasteiger charge is 2.42. The Hall–Kier alpha value is -0.380. The Balaban J connectivity index is 1.52. The van der Waals surface area contributed by atoms with Crippen molar-refractivity contribution in [1.82, 2.24) is 5.32 Å². The summed E-state index contributed by atoms with van der Waals surface area (Å²) in [7, 11) is 0. The minimum atomic E-state index is 0.106. The summed E-state index contributed by atoms with van der Waals surface area (Å²) in [4.78, 5) is 12.9. The Labute approximate surface area is 133 Å². The molecule has 2 nitrogen and oxygen atoms in total. The first-order valence-corrected chi connectivity index (χ1v) is 8.75. The number of carbonyl (C=O) groups is 1. The zero-order chi connectivity index (χ0) is 14.1. The number of hydrogen-bond acceptors (Lipinski definition) is 2. The third-order valence-electron chi connectivity index (χ3n) is 3.84. The fraction of sp³-hybridized carbons (Fsp3) is 0.533. The summed E-state index contributed by atoms with van der Waals surface area (Å²) in [6.45, 7) is 0. The number of benzene rings is 1. The summed E-state index contributed by atoms with van der Waals surface area (Å²) < 4.78 is 0. The Kier molecular flexibility index (Phi) is 4.49. The van der Waals surface area contributed by atoms with Crippen LogP contribution in [0.25, 0.3) is 0 Å². The molecule has 0 spiro atoms. The van der Waals surface area contributed by atoms with E-state index in [4.69, 9.17) is 23.2 Å². The molecule has 0 unspecified atom stereocenters. The molecule has 0 heterocycles. The van der Waals surface area contributed by atoms with Crippen molar-refractivity contribution in [2.24, 2.45) is 11.8 Å². The molecule has 0 atom stereocenters. The summed E-state index contributed by atoms with van der Waals surface area (Å²) in [6.07, 6.45) is 5.09. The quantitative estimate of drug-likeness (QED) is 0.784. The van der Waals surface area contributed by atoms with Gasteiger partial charge >= 0.3 is 0 Å². The molecule has 1 aromatic carbocycles. The zero-order valence-electron chi connectivity index (χ0n) is 11.1.